The molecule has 0 saturated heterocycles. The van der Waals surface area contributed by atoms with E-state index >= 15 is 4.39 Å². The van der Waals surface area contributed by atoms with E-state index in [1.807, 2.05) is 44.1 Å². The lowest BCUT2D eigenvalue weighted by atomic mass is 9.71. The van der Waals surface area contributed by atoms with Crippen LogP contribution in [-0.4, -0.2) is 57.6 Å². The Morgan fingerprint density at radius 1 is 1.29 bits per heavy atom. The molecule has 0 aromatic heterocycles. The van der Waals surface area contributed by atoms with Gasteiger partial charge in [0.25, 0.3) is 0 Å². The lowest BCUT2D eigenvalue weighted by Gasteiger charge is -2.37. The van der Waals surface area contributed by atoms with Crippen LogP contribution >= 0.6 is 0 Å². The molecule has 0 bridgehead atoms. The van der Waals surface area contributed by atoms with Gasteiger partial charge in [-0.25, -0.2) is 17.1 Å². The fraction of sp³-hybridized carbons (Fsp3) is 0.556. The van der Waals surface area contributed by atoms with E-state index in [0.29, 0.717) is 30.3 Å². The minimum Gasteiger partial charge on any atom is -0.399 e. The molecule has 1 aliphatic carbocycles. The van der Waals surface area contributed by atoms with Crippen molar-refractivity contribution in [2.24, 2.45) is 11.8 Å². The second kappa shape index (κ2) is 13.2. The van der Waals surface area contributed by atoms with Crippen molar-refractivity contribution in [1.29, 1.82) is 0 Å². The number of hydrogen-bond donors (Lipinski definition) is 2. The molecule has 196 valence electrons. The minimum absolute atomic E-state index is 0.0700. The van der Waals surface area contributed by atoms with E-state index in [-0.39, 0.29) is 23.4 Å². The third-order valence-electron chi connectivity index (χ3n) is 6.84. The lowest BCUT2D eigenvalue weighted by molar-refractivity contribution is 0.225. The Morgan fingerprint density at radius 2 is 2.00 bits per heavy atom. The molecule has 3 N–H and O–H groups in total. The molecule has 1 aromatic carbocycles. The molecule has 2 rings (SSSR count). The number of nitrogens with one attached hydrogen (secondary N) is 1. The smallest absolute Gasteiger partial charge is 0.213 e. The Labute approximate surface area is 211 Å². The van der Waals surface area contributed by atoms with Gasteiger partial charge in [0.05, 0.1) is 11.4 Å². The Hall–Kier alpha value is -2.16. The van der Waals surface area contributed by atoms with Crippen LogP contribution in [-0.2, 0) is 10.0 Å². The predicted molar refractivity (Wildman–Crippen MR) is 146 cm³/mol. The van der Waals surface area contributed by atoms with Gasteiger partial charge in [0, 0.05) is 25.0 Å². The van der Waals surface area contributed by atoms with Gasteiger partial charge in [0.1, 0.15) is 5.82 Å². The van der Waals surface area contributed by atoms with E-state index in [9.17, 15) is 8.42 Å². The molecule has 0 aliphatic heterocycles. The summed E-state index contributed by atoms with van der Waals surface area (Å²) in [6.07, 6.45) is 10.5. The largest absolute Gasteiger partial charge is 0.399 e. The molecule has 3 atom stereocenters. The molecule has 0 heterocycles. The highest BCUT2D eigenvalue weighted by Crippen LogP contribution is 2.44. The number of benzene rings is 1. The second-order valence-corrected chi connectivity index (χ2v) is 12.1. The first-order chi connectivity index (χ1) is 16.5. The van der Waals surface area contributed by atoms with Crippen molar-refractivity contribution in [2.75, 3.05) is 51.0 Å². The molecule has 3 unspecified atom stereocenters. The standard InChI is InChI=1S/C27H43FN4O2S/c1-7-9-11-23(8-2)30-27-25(17-22(29)18-26(27)28)24-16-21(13-12-20(24)3)19-32(6)35(33,34)15-10-14-31(4)5/h7-9,11,17-18,20-21,24,30H,1,10,12-16,19,29H2,2-6H3/b11-9-,23-8+. The van der Waals surface area contributed by atoms with Gasteiger partial charge >= 0.3 is 0 Å². The Balaban J connectivity index is 2.24. The highest BCUT2D eigenvalue weighted by Gasteiger charge is 2.33. The third-order valence-corrected chi connectivity index (χ3v) is 8.74. The number of anilines is 2. The summed E-state index contributed by atoms with van der Waals surface area (Å²) >= 11 is 0. The molecule has 8 heteroatoms. The van der Waals surface area contributed by atoms with Gasteiger partial charge in [0.15, 0.2) is 0 Å². The van der Waals surface area contributed by atoms with E-state index in [4.69, 9.17) is 5.73 Å². The summed E-state index contributed by atoms with van der Waals surface area (Å²) in [5.74, 6) is 0.353. The number of rotatable bonds is 12. The van der Waals surface area contributed by atoms with Crippen LogP contribution in [0.25, 0.3) is 0 Å². The molecular formula is C27H43FN4O2S. The van der Waals surface area contributed by atoms with Gasteiger partial charge in [-0.1, -0.05) is 31.7 Å². The molecule has 0 spiro atoms. The summed E-state index contributed by atoms with van der Waals surface area (Å²) in [7, 11) is 2.25. The molecular weight excluding hydrogens is 463 g/mol. The van der Waals surface area contributed by atoms with Crippen LogP contribution in [0.1, 0.15) is 51.0 Å². The van der Waals surface area contributed by atoms with Gasteiger partial charge in [-0.15, -0.1) is 0 Å². The Kier molecular flexibility index (Phi) is 11.0. The van der Waals surface area contributed by atoms with Crippen molar-refractivity contribution < 1.29 is 12.8 Å². The maximum Gasteiger partial charge on any atom is 0.213 e. The minimum atomic E-state index is -3.31. The van der Waals surface area contributed by atoms with Crippen LogP contribution in [0, 0.1) is 17.7 Å². The quantitative estimate of drug-likeness (QED) is 0.301. The third kappa shape index (κ3) is 8.47. The first-order valence-electron chi connectivity index (χ1n) is 12.4. The maximum absolute atomic E-state index is 15.1. The van der Waals surface area contributed by atoms with Gasteiger partial charge in [0.2, 0.25) is 10.0 Å². The van der Waals surface area contributed by atoms with Crippen molar-refractivity contribution in [2.45, 2.75) is 45.4 Å². The van der Waals surface area contributed by atoms with Crippen molar-refractivity contribution in [3.8, 4) is 0 Å². The van der Waals surface area contributed by atoms with Crippen molar-refractivity contribution >= 4 is 21.4 Å². The first-order valence-corrected chi connectivity index (χ1v) is 14.0. The highest BCUT2D eigenvalue weighted by atomic mass is 32.2. The maximum atomic E-state index is 15.1. The number of nitrogens with zero attached hydrogens (tertiary/aromatic N) is 2. The van der Waals surface area contributed by atoms with Gasteiger partial charge < -0.3 is 16.0 Å². The normalized spacial score (nSPS) is 21.7. The number of nitrogens with two attached hydrogens (primary N) is 1. The van der Waals surface area contributed by atoms with Gasteiger partial charge in [-0.05, 0) is 94.8 Å². The summed E-state index contributed by atoms with van der Waals surface area (Å²) < 4.78 is 42.3. The molecule has 1 aliphatic rings. The van der Waals surface area contributed by atoms with Gasteiger partial charge in [-0.2, -0.15) is 0 Å². The van der Waals surface area contributed by atoms with Crippen LogP contribution in [0.5, 0.6) is 0 Å². The highest BCUT2D eigenvalue weighted by molar-refractivity contribution is 7.89. The number of nitrogen functional groups attached to an aromatic ring is 1. The zero-order chi connectivity index (χ0) is 26.2. The topological polar surface area (TPSA) is 78.7 Å². The van der Waals surface area contributed by atoms with E-state index in [1.165, 1.54) is 10.4 Å². The number of allylic oxidation sites excluding steroid dienone is 4. The molecule has 1 aromatic rings. The van der Waals surface area contributed by atoms with Crippen LogP contribution in [0.2, 0.25) is 0 Å². The van der Waals surface area contributed by atoms with Crippen LogP contribution in [0.3, 0.4) is 0 Å². The molecule has 6 nitrogen and oxygen atoms in total. The summed E-state index contributed by atoms with van der Waals surface area (Å²) in [6, 6.07) is 3.20. The van der Waals surface area contributed by atoms with E-state index in [0.717, 1.165) is 37.1 Å². The Bertz CT molecular complexity index is 1020. The van der Waals surface area contributed by atoms with Crippen LogP contribution in [0.15, 0.2) is 48.7 Å². The van der Waals surface area contributed by atoms with Gasteiger partial charge in [-0.3, -0.25) is 0 Å². The van der Waals surface area contributed by atoms with E-state index in [1.54, 1.807) is 19.2 Å². The number of hydrogen-bond acceptors (Lipinski definition) is 5. The number of halogens is 1. The summed E-state index contributed by atoms with van der Waals surface area (Å²) in [4.78, 5) is 1.99. The second-order valence-electron chi connectivity index (χ2n) is 9.95. The summed E-state index contributed by atoms with van der Waals surface area (Å²) in [5.41, 5.74) is 8.50. The summed E-state index contributed by atoms with van der Waals surface area (Å²) in [6.45, 7) is 8.98. The predicted octanol–water partition coefficient (Wildman–Crippen LogP) is 5.20. The average molecular weight is 507 g/mol. The molecule has 0 amide bonds. The summed E-state index contributed by atoms with van der Waals surface area (Å²) in [5, 5.41) is 3.24. The van der Waals surface area contributed by atoms with Crippen molar-refractivity contribution in [3.63, 3.8) is 0 Å². The van der Waals surface area contributed by atoms with E-state index < -0.39 is 10.0 Å². The molecule has 35 heavy (non-hydrogen) atoms. The fourth-order valence-corrected chi connectivity index (χ4v) is 6.05. The molecule has 1 fully saturated rings. The molecule has 0 radical (unpaired) electrons. The van der Waals surface area contributed by atoms with Crippen molar-refractivity contribution in [3.05, 3.63) is 60.1 Å². The zero-order valence-electron chi connectivity index (χ0n) is 21.9. The zero-order valence-corrected chi connectivity index (χ0v) is 22.7. The van der Waals surface area contributed by atoms with Crippen LogP contribution in [0.4, 0.5) is 15.8 Å². The Morgan fingerprint density at radius 3 is 2.63 bits per heavy atom. The average Bonchev–Trinajstić information content (AvgIpc) is 2.78. The SMILES string of the molecule is C=C/C=C\C(=C/C)Nc1c(F)cc(N)cc1C1CC(CN(C)S(=O)(=O)CCCN(C)C)CCC1C. The monoisotopic (exact) mass is 506 g/mol. The lowest BCUT2D eigenvalue weighted by Crippen LogP contribution is -2.36. The number of sulfonamides is 1. The molecule has 1 saturated carbocycles. The van der Waals surface area contributed by atoms with E-state index in [2.05, 4.69) is 18.8 Å². The van der Waals surface area contributed by atoms with Crippen molar-refractivity contribution in [1.82, 2.24) is 9.21 Å². The fourth-order valence-electron chi connectivity index (χ4n) is 4.80. The van der Waals surface area contributed by atoms with Crippen LogP contribution < -0.4 is 11.1 Å². The first kappa shape index (κ1) is 29.1.